The van der Waals surface area contributed by atoms with Gasteiger partial charge in [-0.3, -0.25) is 4.40 Å². The van der Waals surface area contributed by atoms with Crippen molar-refractivity contribution in [1.29, 1.82) is 5.26 Å². The number of benzene rings is 7. The van der Waals surface area contributed by atoms with Crippen molar-refractivity contribution in [2.45, 2.75) is 5.41 Å². The van der Waals surface area contributed by atoms with Gasteiger partial charge in [0.25, 0.3) is 0 Å². The van der Waals surface area contributed by atoms with Crippen LogP contribution >= 0.6 is 11.3 Å². The molecule has 10 aromatic rings. The van der Waals surface area contributed by atoms with Crippen LogP contribution in [0.25, 0.3) is 81.4 Å². The Bertz CT molecular complexity index is 3220. The van der Waals surface area contributed by atoms with Gasteiger partial charge in [0, 0.05) is 16.3 Å². The van der Waals surface area contributed by atoms with Crippen molar-refractivity contribution in [3.63, 3.8) is 0 Å². The Morgan fingerprint density at radius 3 is 1.87 bits per heavy atom. The van der Waals surface area contributed by atoms with E-state index in [9.17, 15) is 5.26 Å². The average Bonchev–Trinajstić information content (AvgIpc) is 3.94. The van der Waals surface area contributed by atoms with E-state index in [2.05, 4.69) is 168 Å². The third-order valence-electron chi connectivity index (χ3n) is 11.6. The van der Waals surface area contributed by atoms with E-state index >= 15 is 0 Å². The fraction of sp³-hybridized carbons (Fsp3) is 0.0204. The molecule has 2 aliphatic rings. The molecule has 0 atom stereocenters. The molecule has 0 N–H and O–H groups in total. The topological polar surface area (TPSA) is 41.1 Å². The van der Waals surface area contributed by atoms with Crippen LogP contribution in [-0.2, 0) is 5.41 Å². The van der Waals surface area contributed by atoms with E-state index in [0.29, 0.717) is 5.56 Å². The molecule has 0 bridgehead atoms. The summed E-state index contributed by atoms with van der Waals surface area (Å²) in [7, 11) is 0. The first-order valence-electron chi connectivity index (χ1n) is 17.9. The van der Waals surface area contributed by atoms with Crippen molar-refractivity contribution in [3.8, 4) is 50.6 Å². The van der Waals surface area contributed by atoms with Gasteiger partial charge in [0.05, 0.1) is 17.0 Å². The number of rotatable bonds is 2. The number of thiophene rings is 1. The zero-order chi connectivity index (χ0) is 34.8. The van der Waals surface area contributed by atoms with Gasteiger partial charge >= 0.3 is 0 Å². The third kappa shape index (κ3) is 3.79. The Morgan fingerprint density at radius 1 is 0.528 bits per heavy atom. The minimum absolute atomic E-state index is 0.496. The second-order valence-corrected chi connectivity index (χ2v) is 15.3. The summed E-state index contributed by atoms with van der Waals surface area (Å²) in [6.07, 6.45) is 2.23. The molecule has 7 aromatic carbocycles. The second kappa shape index (κ2) is 10.4. The van der Waals surface area contributed by atoms with Crippen LogP contribution < -0.4 is 0 Å². The summed E-state index contributed by atoms with van der Waals surface area (Å²) in [4.78, 5) is 6.16. The van der Waals surface area contributed by atoms with Crippen molar-refractivity contribution >= 4 is 48.2 Å². The Balaban J connectivity index is 0.987. The molecular formula is C49H27N3S. The van der Waals surface area contributed by atoms with Gasteiger partial charge in [-0.2, -0.15) is 5.26 Å². The lowest BCUT2D eigenvalue weighted by Crippen LogP contribution is -2.26. The van der Waals surface area contributed by atoms with Crippen molar-refractivity contribution in [1.82, 2.24) is 9.38 Å². The maximum atomic E-state index is 10.0. The molecule has 0 radical (unpaired) electrons. The van der Waals surface area contributed by atoms with Gasteiger partial charge < -0.3 is 0 Å². The van der Waals surface area contributed by atoms with E-state index in [4.69, 9.17) is 4.98 Å². The predicted molar refractivity (Wildman–Crippen MR) is 217 cm³/mol. The normalized spacial score (nSPS) is 13.4. The molecule has 0 amide bonds. The lowest BCUT2D eigenvalue weighted by Gasteiger charge is -2.30. The highest BCUT2D eigenvalue weighted by Gasteiger charge is 2.51. The summed E-state index contributed by atoms with van der Waals surface area (Å²) >= 11 is 1.80. The van der Waals surface area contributed by atoms with Gasteiger partial charge in [0.15, 0.2) is 0 Å². The fourth-order valence-electron chi connectivity index (χ4n) is 9.32. The summed E-state index contributed by atoms with van der Waals surface area (Å²) in [6, 6.07) is 59.7. The standard InChI is InChI=1S/C49H27N3S/c50-27-29-13-20-38-39-21-18-34(26-44(39)49(43(38)23-29)41-10-4-1-7-36(41)37-8-2-5-11-42(37)49)32-15-14-31-25-33(17-16-30(31)24-32)35-19-22-46-51-47-40-9-3-6-12-45(40)53-48(47)52(46)28-35/h1-26,28H. The molecule has 3 heterocycles. The number of aromatic nitrogens is 2. The van der Waals surface area contributed by atoms with Crippen molar-refractivity contribution in [3.05, 3.63) is 192 Å². The van der Waals surface area contributed by atoms with E-state index in [1.807, 2.05) is 6.07 Å². The summed E-state index contributed by atoms with van der Waals surface area (Å²) in [6.45, 7) is 0. The lowest BCUT2D eigenvalue weighted by molar-refractivity contribution is 0.793. The smallest absolute Gasteiger partial charge is 0.138 e. The van der Waals surface area contributed by atoms with Gasteiger partial charge in [-0.05, 0) is 126 Å². The van der Waals surface area contributed by atoms with Gasteiger partial charge in [-0.1, -0.05) is 109 Å². The molecule has 244 valence electrons. The number of nitrogens with zero attached hydrogens (tertiary/aromatic N) is 3. The number of nitriles is 1. The van der Waals surface area contributed by atoms with Crippen LogP contribution in [0.3, 0.4) is 0 Å². The zero-order valence-corrected chi connectivity index (χ0v) is 29.2. The first kappa shape index (κ1) is 28.8. The van der Waals surface area contributed by atoms with E-state index < -0.39 is 5.41 Å². The Morgan fingerprint density at radius 2 is 1.11 bits per heavy atom. The van der Waals surface area contributed by atoms with Gasteiger partial charge in [-0.15, -0.1) is 11.3 Å². The molecule has 0 saturated carbocycles. The van der Waals surface area contributed by atoms with Crippen LogP contribution in [0.5, 0.6) is 0 Å². The maximum Gasteiger partial charge on any atom is 0.138 e. The summed E-state index contributed by atoms with van der Waals surface area (Å²) in [5.41, 5.74) is 16.9. The highest BCUT2D eigenvalue weighted by Crippen LogP contribution is 2.63. The number of hydrogen-bond donors (Lipinski definition) is 0. The number of imidazole rings is 1. The minimum Gasteiger partial charge on any atom is -0.290 e. The van der Waals surface area contributed by atoms with Crippen molar-refractivity contribution in [2.75, 3.05) is 0 Å². The monoisotopic (exact) mass is 689 g/mol. The highest BCUT2D eigenvalue weighted by atomic mass is 32.1. The molecule has 12 rings (SSSR count). The molecule has 2 aliphatic carbocycles. The highest BCUT2D eigenvalue weighted by molar-refractivity contribution is 7.25. The van der Waals surface area contributed by atoms with E-state index in [1.165, 1.54) is 92.5 Å². The Kier molecular flexibility index (Phi) is 5.65. The molecule has 53 heavy (non-hydrogen) atoms. The van der Waals surface area contributed by atoms with E-state index in [1.54, 1.807) is 11.3 Å². The van der Waals surface area contributed by atoms with Gasteiger partial charge in [-0.25, -0.2) is 4.98 Å². The van der Waals surface area contributed by atoms with Gasteiger partial charge in [0.2, 0.25) is 0 Å². The van der Waals surface area contributed by atoms with Crippen LogP contribution in [0.15, 0.2) is 164 Å². The fourth-order valence-corrected chi connectivity index (χ4v) is 10.4. The summed E-state index contributed by atoms with van der Waals surface area (Å²) < 4.78 is 3.50. The lowest BCUT2D eigenvalue weighted by atomic mass is 9.70. The number of fused-ring (bicyclic) bond motifs is 16. The zero-order valence-electron chi connectivity index (χ0n) is 28.3. The average molecular weight is 690 g/mol. The SMILES string of the molecule is N#Cc1ccc2c(c1)C1(c3ccccc3-c3ccccc31)c1cc(-c3ccc4cc(-c5ccc6nc7c8ccccc8sc7n6c5)ccc4c3)ccc1-2. The van der Waals surface area contributed by atoms with Crippen LogP contribution in [-0.4, -0.2) is 9.38 Å². The Hall–Kier alpha value is -6.80. The van der Waals surface area contributed by atoms with Crippen molar-refractivity contribution in [2.24, 2.45) is 0 Å². The van der Waals surface area contributed by atoms with Crippen molar-refractivity contribution < 1.29 is 0 Å². The third-order valence-corrected chi connectivity index (χ3v) is 12.8. The molecule has 0 saturated heterocycles. The first-order chi connectivity index (χ1) is 26.2. The quantitative estimate of drug-likeness (QED) is 0.181. The Labute approximate surface area is 309 Å². The minimum atomic E-state index is -0.496. The molecule has 4 heteroatoms. The van der Waals surface area contributed by atoms with Crippen LogP contribution in [0, 0.1) is 11.3 Å². The van der Waals surface area contributed by atoms with E-state index in [-0.39, 0.29) is 0 Å². The first-order valence-corrected chi connectivity index (χ1v) is 18.7. The molecule has 1 spiro atoms. The number of pyridine rings is 1. The summed E-state index contributed by atoms with van der Waals surface area (Å²) in [5.74, 6) is 0. The molecule has 0 aliphatic heterocycles. The summed E-state index contributed by atoms with van der Waals surface area (Å²) in [5, 5.41) is 13.6. The largest absolute Gasteiger partial charge is 0.290 e. The molecular weight excluding hydrogens is 663 g/mol. The molecule has 0 fully saturated rings. The van der Waals surface area contributed by atoms with Gasteiger partial charge in [0.1, 0.15) is 16.0 Å². The number of hydrogen-bond acceptors (Lipinski definition) is 3. The van der Waals surface area contributed by atoms with Crippen LogP contribution in [0.1, 0.15) is 27.8 Å². The van der Waals surface area contributed by atoms with Crippen LogP contribution in [0.4, 0.5) is 0 Å². The molecule has 0 unspecified atom stereocenters. The predicted octanol–water partition coefficient (Wildman–Crippen LogP) is 12.4. The molecule has 3 nitrogen and oxygen atoms in total. The van der Waals surface area contributed by atoms with Crippen LogP contribution in [0.2, 0.25) is 0 Å². The second-order valence-electron chi connectivity index (χ2n) is 14.3. The van der Waals surface area contributed by atoms with E-state index in [0.717, 1.165) is 11.2 Å². The maximum absolute atomic E-state index is 10.0. The molecule has 3 aromatic heterocycles.